The van der Waals surface area contributed by atoms with Gasteiger partial charge in [-0.15, -0.1) is 4.83 Å². The Labute approximate surface area is 180 Å². The number of anilines is 1. The van der Waals surface area contributed by atoms with Gasteiger partial charge in [0.1, 0.15) is 6.17 Å². The largest absolute Gasteiger partial charge is 0.504 e. The topological polar surface area (TPSA) is 108 Å². The zero-order valence-corrected chi connectivity index (χ0v) is 17.7. The molecule has 0 spiro atoms. The number of amides is 1. The third-order valence-corrected chi connectivity index (χ3v) is 6.35. The summed E-state index contributed by atoms with van der Waals surface area (Å²) in [5.41, 5.74) is 2.00. The molecule has 0 aliphatic carbocycles. The van der Waals surface area contributed by atoms with Gasteiger partial charge in [0.15, 0.2) is 11.5 Å². The van der Waals surface area contributed by atoms with Gasteiger partial charge in [0.25, 0.3) is 15.9 Å². The maximum Gasteiger partial charge on any atom is 0.273 e. The van der Waals surface area contributed by atoms with E-state index in [1.54, 1.807) is 54.6 Å². The number of sulfonamides is 1. The van der Waals surface area contributed by atoms with Crippen molar-refractivity contribution in [1.29, 1.82) is 0 Å². The number of carbonyl (C=O) groups is 1. The third kappa shape index (κ3) is 3.80. The molecule has 160 valence electrons. The van der Waals surface area contributed by atoms with Gasteiger partial charge in [-0.1, -0.05) is 42.0 Å². The monoisotopic (exact) mass is 439 g/mol. The molecule has 1 aliphatic heterocycles. The summed E-state index contributed by atoms with van der Waals surface area (Å²) in [5, 5.41) is 14.8. The van der Waals surface area contributed by atoms with Crippen LogP contribution in [0.4, 0.5) is 5.69 Å². The molecule has 4 rings (SSSR count). The van der Waals surface area contributed by atoms with E-state index in [-0.39, 0.29) is 22.0 Å². The van der Waals surface area contributed by atoms with Crippen molar-refractivity contribution < 1.29 is 23.1 Å². The lowest BCUT2D eigenvalue weighted by Gasteiger charge is -2.37. The summed E-state index contributed by atoms with van der Waals surface area (Å²) < 4.78 is 31.2. The highest BCUT2D eigenvalue weighted by molar-refractivity contribution is 7.89. The van der Waals surface area contributed by atoms with Gasteiger partial charge in [-0.25, -0.2) is 13.4 Å². The summed E-state index contributed by atoms with van der Waals surface area (Å²) in [6.07, 6.45) is -1.02. The molecule has 1 aliphatic rings. The van der Waals surface area contributed by atoms with Gasteiger partial charge in [0.2, 0.25) is 0 Å². The zero-order chi connectivity index (χ0) is 22.2. The molecule has 1 unspecified atom stereocenters. The number of phenols is 1. The average molecular weight is 439 g/mol. The molecule has 3 aromatic carbocycles. The van der Waals surface area contributed by atoms with Gasteiger partial charge >= 0.3 is 0 Å². The molecule has 0 radical (unpaired) electrons. The summed E-state index contributed by atoms with van der Waals surface area (Å²) >= 11 is 0. The van der Waals surface area contributed by atoms with Gasteiger partial charge in [0.05, 0.1) is 17.6 Å². The van der Waals surface area contributed by atoms with Crippen molar-refractivity contribution in [2.75, 3.05) is 12.4 Å². The second kappa shape index (κ2) is 7.93. The molecule has 0 aromatic heterocycles. The van der Waals surface area contributed by atoms with E-state index in [1.165, 1.54) is 19.2 Å². The van der Waals surface area contributed by atoms with Crippen molar-refractivity contribution in [1.82, 2.24) is 9.84 Å². The minimum atomic E-state index is -4.08. The van der Waals surface area contributed by atoms with E-state index in [0.29, 0.717) is 11.3 Å². The maximum atomic E-state index is 13.3. The molecule has 9 heteroatoms. The second-order valence-corrected chi connectivity index (χ2v) is 8.73. The fraction of sp³-hybridized carbons (Fsp3) is 0.136. The molecular weight excluding hydrogens is 418 g/mol. The molecular formula is C22H21N3O5S. The summed E-state index contributed by atoms with van der Waals surface area (Å²) in [6, 6.07) is 17.8. The van der Waals surface area contributed by atoms with Crippen LogP contribution in [-0.2, 0) is 10.0 Å². The summed E-state index contributed by atoms with van der Waals surface area (Å²) in [4.78, 5) is 15.7. The summed E-state index contributed by atoms with van der Waals surface area (Å²) in [6.45, 7) is 1.85. The van der Waals surface area contributed by atoms with E-state index >= 15 is 0 Å². The number of aromatic hydroxyl groups is 1. The van der Waals surface area contributed by atoms with Gasteiger partial charge in [0, 0.05) is 11.3 Å². The number of hydrazine groups is 1. The highest BCUT2D eigenvalue weighted by Gasteiger charge is 2.37. The molecule has 1 amide bonds. The highest BCUT2D eigenvalue weighted by atomic mass is 32.2. The molecule has 0 fully saturated rings. The Morgan fingerprint density at radius 3 is 2.45 bits per heavy atom. The Kier molecular flexibility index (Phi) is 5.30. The van der Waals surface area contributed by atoms with Crippen molar-refractivity contribution in [2.45, 2.75) is 18.0 Å². The summed E-state index contributed by atoms with van der Waals surface area (Å²) in [7, 11) is -2.67. The first-order valence-corrected chi connectivity index (χ1v) is 10.9. The van der Waals surface area contributed by atoms with E-state index in [9.17, 15) is 18.3 Å². The van der Waals surface area contributed by atoms with E-state index in [4.69, 9.17) is 4.74 Å². The standard InChI is InChI=1S/C22H21N3O5S/c1-14-10-12-15(13-11-14)31(28,29)24-25-21(17-7-5-9-19(30-2)20(17)26)23-18-8-4-3-6-16(18)22(25)27/h3-13,21,23-24,26H,1-2H3. The average Bonchev–Trinajstić information content (AvgIpc) is 2.76. The predicted octanol–water partition coefficient (Wildman–Crippen LogP) is 3.17. The molecule has 0 bridgehead atoms. The first kappa shape index (κ1) is 20.7. The number of nitrogens with one attached hydrogen (secondary N) is 2. The van der Waals surface area contributed by atoms with Crippen LogP contribution in [0.1, 0.15) is 27.7 Å². The Morgan fingerprint density at radius 2 is 1.74 bits per heavy atom. The molecule has 0 saturated carbocycles. The molecule has 8 nitrogen and oxygen atoms in total. The summed E-state index contributed by atoms with van der Waals surface area (Å²) in [5.74, 6) is -0.557. The van der Waals surface area contributed by atoms with Crippen LogP contribution in [-0.4, -0.2) is 31.6 Å². The van der Waals surface area contributed by atoms with Crippen molar-refractivity contribution >= 4 is 21.6 Å². The number of benzene rings is 3. The quantitative estimate of drug-likeness (QED) is 0.564. The number of methoxy groups -OCH3 is 1. The van der Waals surface area contributed by atoms with Crippen LogP contribution in [0.5, 0.6) is 11.5 Å². The Balaban J connectivity index is 1.80. The molecule has 31 heavy (non-hydrogen) atoms. The Hall–Kier alpha value is -3.56. The van der Waals surface area contributed by atoms with Crippen molar-refractivity contribution in [3.8, 4) is 11.5 Å². The number of rotatable bonds is 5. The fourth-order valence-corrected chi connectivity index (χ4v) is 4.44. The lowest BCUT2D eigenvalue weighted by molar-refractivity contribution is 0.0630. The number of hydrogen-bond acceptors (Lipinski definition) is 6. The van der Waals surface area contributed by atoms with Crippen molar-refractivity contribution in [2.24, 2.45) is 0 Å². The van der Waals surface area contributed by atoms with Crippen LogP contribution in [0.2, 0.25) is 0 Å². The number of ether oxygens (including phenoxy) is 1. The smallest absolute Gasteiger partial charge is 0.273 e. The normalized spacial score (nSPS) is 15.9. The lowest BCUT2D eigenvalue weighted by atomic mass is 10.0. The highest BCUT2D eigenvalue weighted by Crippen LogP contribution is 2.39. The van der Waals surface area contributed by atoms with Crippen molar-refractivity contribution in [3.05, 3.63) is 83.4 Å². The van der Waals surface area contributed by atoms with Crippen LogP contribution in [0.15, 0.2) is 71.6 Å². The number of hydrogen-bond donors (Lipinski definition) is 3. The lowest BCUT2D eigenvalue weighted by Crippen LogP contribution is -2.52. The number of aryl methyl sites for hydroxylation is 1. The van der Waals surface area contributed by atoms with E-state index in [2.05, 4.69) is 10.1 Å². The second-order valence-electron chi connectivity index (χ2n) is 7.07. The van der Waals surface area contributed by atoms with Crippen LogP contribution in [0.25, 0.3) is 0 Å². The van der Waals surface area contributed by atoms with Gasteiger partial charge < -0.3 is 15.2 Å². The van der Waals surface area contributed by atoms with Gasteiger partial charge in [-0.05, 0) is 37.3 Å². The predicted molar refractivity (Wildman–Crippen MR) is 115 cm³/mol. The maximum absolute atomic E-state index is 13.3. The van der Waals surface area contributed by atoms with Crippen LogP contribution < -0.4 is 14.9 Å². The zero-order valence-electron chi connectivity index (χ0n) is 16.9. The van der Waals surface area contributed by atoms with Gasteiger partial charge in [-0.2, -0.15) is 0 Å². The molecule has 1 heterocycles. The third-order valence-electron chi connectivity index (χ3n) is 5.02. The molecule has 0 saturated heterocycles. The minimum Gasteiger partial charge on any atom is -0.504 e. The molecule has 1 atom stereocenters. The van der Waals surface area contributed by atoms with Crippen LogP contribution >= 0.6 is 0 Å². The number of nitrogens with zero attached hydrogens (tertiary/aromatic N) is 1. The number of phenolic OH excluding ortho intramolecular Hbond substituents is 1. The first-order valence-electron chi connectivity index (χ1n) is 9.46. The minimum absolute atomic E-state index is 0.0124. The molecule has 3 N–H and O–H groups in total. The Bertz CT molecular complexity index is 1240. The van der Waals surface area contributed by atoms with Gasteiger partial charge in [-0.3, -0.25) is 4.79 Å². The van der Waals surface area contributed by atoms with Crippen molar-refractivity contribution in [3.63, 3.8) is 0 Å². The van der Waals surface area contributed by atoms with E-state index in [1.807, 2.05) is 6.92 Å². The van der Waals surface area contributed by atoms with E-state index in [0.717, 1.165) is 10.6 Å². The molecule has 3 aromatic rings. The van der Waals surface area contributed by atoms with Crippen LogP contribution in [0.3, 0.4) is 0 Å². The first-order chi connectivity index (χ1) is 14.8. The van der Waals surface area contributed by atoms with E-state index < -0.39 is 22.1 Å². The Morgan fingerprint density at radius 1 is 1.03 bits per heavy atom. The number of carbonyl (C=O) groups excluding carboxylic acids is 1. The number of para-hydroxylation sites is 2. The SMILES string of the molecule is COc1cccc(C2Nc3ccccc3C(=O)N2NS(=O)(=O)c2ccc(C)cc2)c1O. The fourth-order valence-electron chi connectivity index (χ4n) is 3.39. The number of fused-ring (bicyclic) bond motifs is 1. The van der Waals surface area contributed by atoms with Crippen LogP contribution in [0, 0.1) is 6.92 Å².